The largest absolute Gasteiger partial charge is 0.469 e. The number of ether oxygens (including phenoxy) is 1. The molecule has 1 aliphatic heterocycles. The molecule has 2 aromatic carbocycles. The van der Waals surface area contributed by atoms with Crippen LogP contribution < -0.4 is 4.31 Å². The van der Waals surface area contributed by atoms with Crippen molar-refractivity contribution in [3.05, 3.63) is 59.7 Å². The van der Waals surface area contributed by atoms with E-state index in [9.17, 15) is 13.2 Å². The number of benzene rings is 2. The summed E-state index contributed by atoms with van der Waals surface area (Å²) in [5.74, 6) is -0.323. The van der Waals surface area contributed by atoms with Crippen LogP contribution in [0.15, 0.2) is 53.4 Å². The molecule has 0 unspecified atom stereocenters. The summed E-state index contributed by atoms with van der Waals surface area (Å²) >= 11 is 0. The third-order valence-electron chi connectivity index (χ3n) is 4.81. The maximum atomic E-state index is 13.2. The van der Waals surface area contributed by atoms with Crippen LogP contribution in [-0.4, -0.2) is 28.0 Å². The monoisotopic (exact) mass is 373 g/mol. The number of para-hydroxylation sites is 1. The summed E-state index contributed by atoms with van der Waals surface area (Å²) in [5, 5.41) is 0. The quantitative estimate of drug-likeness (QED) is 0.768. The molecule has 0 aromatic heterocycles. The molecule has 0 fully saturated rings. The number of carbonyl (C=O) groups is 1. The summed E-state index contributed by atoms with van der Waals surface area (Å²) in [7, 11) is -2.28. The Labute approximate surface area is 154 Å². The number of methoxy groups -OCH3 is 1. The van der Waals surface area contributed by atoms with Crippen molar-refractivity contribution in [1.82, 2.24) is 0 Å². The second-order valence-corrected chi connectivity index (χ2v) is 8.43. The first kappa shape index (κ1) is 18.5. The van der Waals surface area contributed by atoms with Crippen molar-refractivity contribution in [1.29, 1.82) is 0 Å². The highest BCUT2D eigenvalue weighted by molar-refractivity contribution is 7.92. The van der Waals surface area contributed by atoms with E-state index in [0.717, 1.165) is 17.5 Å². The number of sulfonamides is 1. The van der Waals surface area contributed by atoms with E-state index in [2.05, 4.69) is 0 Å². The van der Waals surface area contributed by atoms with E-state index < -0.39 is 10.0 Å². The van der Waals surface area contributed by atoms with Gasteiger partial charge in [0, 0.05) is 6.54 Å². The van der Waals surface area contributed by atoms with Crippen LogP contribution in [0, 0.1) is 6.92 Å². The average molecular weight is 373 g/mol. The molecule has 3 rings (SSSR count). The minimum Gasteiger partial charge on any atom is -0.469 e. The van der Waals surface area contributed by atoms with E-state index in [1.807, 2.05) is 31.2 Å². The van der Waals surface area contributed by atoms with Crippen molar-refractivity contribution in [3.63, 3.8) is 0 Å². The predicted molar refractivity (Wildman–Crippen MR) is 101 cm³/mol. The zero-order valence-corrected chi connectivity index (χ0v) is 15.8. The Hall–Kier alpha value is -2.34. The van der Waals surface area contributed by atoms with E-state index in [1.165, 1.54) is 11.4 Å². The zero-order chi connectivity index (χ0) is 18.7. The molecule has 0 N–H and O–H groups in total. The molecule has 5 nitrogen and oxygen atoms in total. The van der Waals surface area contributed by atoms with Gasteiger partial charge in [0.05, 0.1) is 24.1 Å². The van der Waals surface area contributed by atoms with Crippen LogP contribution in [0.25, 0.3) is 0 Å². The second-order valence-electron chi connectivity index (χ2n) is 6.57. The molecule has 0 bridgehead atoms. The Morgan fingerprint density at radius 3 is 2.54 bits per heavy atom. The van der Waals surface area contributed by atoms with Gasteiger partial charge >= 0.3 is 5.97 Å². The number of hydrogen-bond acceptors (Lipinski definition) is 4. The van der Waals surface area contributed by atoms with Gasteiger partial charge < -0.3 is 4.74 Å². The molecular formula is C20H23NO4S. The van der Waals surface area contributed by atoms with Gasteiger partial charge in [0.15, 0.2) is 0 Å². The Kier molecular flexibility index (Phi) is 5.32. The fourth-order valence-corrected chi connectivity index (χ4v) is 4.93. The summed E-state index contributed by atoms with van der Waals surface area (Å²) in [5.41, 5.74) is 2.55. The van der Waals surface area contributed by atoms with Gasteiger partial charge in [-0.05, 0) is 49.4 Å². The molecule has 0 aliphatic carbocycles. The fourth-order valence-electron chi connectivity index (χ4n) is 3.40. The van der Waals surface area contributed by atoms with E-state index in [4.69, 9.17) is 4.74 Å². The van der Waals surface area contributed by atoms with E-state index in [-0.39, 0.29) is 23.2 Å². The van der Waals surface area contributed by atoms with Crippen LogP contribution in [0.4, 0.5) is 5.69 Å². The lowest BCUT2D eigenvalue weighted by atomic mass is 9.91. The van der Waals surface area contributed by atoms with Gasteiger partial charge in [0.2, 0.25) is 0 Å². The van der Waals surface area contributed by atoms with Crippen LogP contribution in [0.3, 0.4) is 0 Å². The van der Waals surface area contributed by atoms with Crippen LogP contribution in [0.2, 0.25) is 0 Å². The maximum absolute atomic E-state index is 13.2. The van der Waals surface area contributed by atoms with Gasteiger partial charge in [-0.3, -0.25) is 9.10 Å². The zero-order valence-electron chi connectivity index (χ0n) is 15.0. The molecule has 1 aliphatic rings. The number of fused-ring (bicyclic) bond motifs is 1. The van der Waals surface area contributed by atoms with Crippen molar-refractivity contribution < 1.29 is 17.9 Å². The van der Waals surface area contributed by atoms with Crippen molar-refractivity contribution in [2.45, 2.75) is 37.0 Å². The van der Waals surface area contributed by atoms with Gasteiger partial charge in [0.1, 0.15) is 0 Å². The average Bonchev–Trinajstić information content (AvgIpc) is 2.82. The van der Waals surface area contributed by atoms with Crippen LogP contribution in [-0.2, 0) is 19.6 Å². The van der Waals surface area contributed by atoms with Crippen molar-refractivity contribution in [3.8, 4) is 0 Å². The Balaban J connectivity index is 2.03. The molecular weight excluding hydrogens is 350 g/mol. The topological polar surface area (TPSA) is 63.7 Å². The number of hydrogen-bond donors (Lipinski definition) is 0. The molecule has 0 spiro atoms. The minimum atomic E-state index is -3.66. The third-order valence-corrected chi connectivity index (χ3v) is 6.64. The Bertz CT molecular complexity index is 890. The van der Waals surface area contributed by atoms with Crippen molar-refractivity contribution in [2.75, 3.05) is 18.0 Å². The first-order chi connectivity index (χ1) is 12.4. The highest BCUT2D eigenvalue weighted by atomic mass is 32.2. The first-order valence-electron chi connectivity index (χ1n) is 8.68. The number of anilines is 1. The lowest BCUT2D eigenvalue weighted by molar-refractivity contribution is -0.141. The van der Waals surface area contributed by atoms with Gasteiger partial charge in [-0.15, -0.1) is 0 Å². The van der Waals surface area contributed by atoms with Crippen molar-refractivity contribution >= 4 is 21.7 Å². The van der Waals surface area contributed by atoms with Gasteiger partial charge in [0.25, 0.3) is 10.0 Å². The maximum Gasteiger partial charge on any atom is 0.306 e. The van der Waals surface area contributed by atoms with E-state index >= 15 is 0 Å². The minimum absolute atomic E-state index is 0.0446. The Morgan fingerprint density at radius 2 is 1.85 bits per heavy atom. The molecule has 2 aromatic rings. The smallest absolute Gasteiger partial charge is 0.306 e. The third kappa shape index (κ3) is 3.60. The van der Waals surface area contributed by atoms with Gasteiger partial charge in [-0.25, -0.2) is 8.42 Å². The molecule has 0 saturated heterocycles. The van der Waals surface area contributed by atoms with Crippen LogP contribution in [0.5, 0.6) is 0 Å². The number of carbonyl (C=O) groups excluding carboxylic acids is 1. The molecule has 0 saturated carbocycles. The van der Waals surface area contributed by atoms with Gasteiger partial charge in [-0.1, -0.05) is 35.9 Å². The van der Waals surface area contributed by atoms with Crippen LogP contribution >= 0.6 is 0 Å². The van der Waals surface area contributed by atoms with Gasteiger partial charge in [-0.2, -0.15) is 0 Å². The molecule has 0 radical (unpaired) electrons. The van der Waals surface area contributed by atoms with Crippen LogP contribution in [0.1, 0.15) is 36.3 Å². The summed E-state index contributed by atoms with van der Waals surface area (Å²) in [6.07, 6.45) is 1.68. The summed E-state index contributed by atoms with van der Waals surface area (Å²) < 4.78 is 32.8. The molecule has 1 atom stereocenters. The number of nitrogens with zero attached hydrogens (tertiary/aromatic N) is 1. The lowest BCUT2D eigenvalue weighted by Gasteiger charge is -2.25. The highest BCUT2D eigenvalue weighted by Crippen LogP contribution is 2.38. The Morgan fingerprint density at radius 1 is 1.15 bits per heavy atom. The lowest BCUT2D eigenvalue weighted by Crippen LogP contribution is -2.31. The second kappa shape index (κ2) is 7.50. The summed E-state index contributed by atoms with van der Waals surface area (Å²) in [6, 6.07) is 14.3. The highest BCUT2D eigenvalue weighted by Gasteiger charge is 2.31. The molecule has 6 heteroatoms. The standard InChI is InChI=1S/C20H23NO4S/c1-15-9-11-17(12-10-15)26(23,24)21-13-5-6-16(14-20(22)25-2)18-7-3-4-8-19(18)21/h3-4,7-12,16H,5-6,13-14H2,1-2H3/t16-/m1/s1. The fraction of sp³-hybridized carbons (Fsp3) is 0.350. The summed E-state index contributed by atoms with van der Waals surface area (Å²) in [6.45, 7) is 2.32. The molecule has 26 heavy (non-hydrogen) atoms. The molecule has 138 valence electrons. The van der Waals surface area contributed by atoms with Crippen molar-refractivity contribution in [2.24, 2.45) is 0 Å². The van der Waals surface area contributed by atoms with E-state index in [1.54, 1.807) is 24.3 Å². The SMILES string of the molecule is COC(=O)C[C@H]1CCCN(S(=O)(=O)c2ccc(C)cc2)c2ccccc21. The number of aryl methyl sites for hydroxylation is 1. The number of esters is 1. The van der Waals surface area contributed by atoms with E-state index in [0.29, 0.717) is 18.7 Å². The molecule has 0 amide bonds. The number of rotatable bonds is 4. The molecule has 1 heterocycles. The normalized spacial score (nSPS) is 17.3. The summed E-state index contributed by atoms with van der Waals surface area (Å²) in [4.78, 5) is 12.1. The predicted octanol–water partition coefficient (Wildman–Crippen LogP) is 3.63. The first-order valence-corrected chi connectivity index (χ1v) is 10.1.